The molecule has 3 rings (SSSR count). The van der Waals surface area contributed by atoms with Crippen molar-refractivity contribution in [3.05, 3.63) is 95.6 Å². The number of benzene rings is 3. The van der Waals surface area contributed by atoms with Crippen molar-refractivity contribution < 1.29 is 14.6 Å². The number of nitrogens with zero attached hydrogens (tertiary/aromatic N) is 1. The lowest BCUT2D eigenvalue weighted by molar-refractivity contribution is 0.0920. The molecule has 0 bridgehead atoms. The number of rotatable bonds is 8. The summed E-state index contributed by atoms with van der Waals surface area (Å²) in [5.41, 5.74) is 2.84. The first-order valence-corrected chi connectivity index (χ1v) is 8.86. The zero-order valence-electron chi connectivity index (χ0n) is 15.7. The van der Waals surface area contributed by atoms with Crippen molar-refractivity contribution in [2.45, 2.75) is 13.1 Å². The minimum atomic E-state index is -0.0137. The number of Topliss-reactive ketones (excluding diaryl/α,β-unsaturated/α-hetero) is 1. The summed E-state index contributed by atoms with van der Waals surface area (Å²) in [6.45, 7) is 1.63. The second-order valence-electron chi connectivity index (χ2n) is 6.43. The van der Waals surface area contributed by atoms with Crippen LogP contribution in [0.15, 0.2) is 78.9 Å². The number of ether oxygens (including phenoxy) is 1. The lowest BCUT2D eigenvalue weighted by atomic mass is 10.1. The average Bonchev–Trinajstić information content (AvgIpc) is 2.69. The highest BCUT2D eigenvalue weighted by Gasteiger charge is 2.15. The van der Waals surface area contributed by atoms with Crippen molar-refractivity contribution >= 4 is 18.2 Å². The van der Waals surface area contributed by atoms with Crippen LogP contribution in [0, 0.1) is 0 Å². The van der Waals surface area contributed by atoms with Gasteiger partial charge in [0.1, 0.15) is 0 Å². The number of ketones is 1. The molecule has 0 amide bonds. The number of phenols is 1. The van der Waals surface area contributed by atoms with Gasteiger partial charge >= 0.3 is 0 Å². The predicted molar refractivity (Wildman–Crippen MR) is 113 cm³/mol. The third-order valence-electron chi connectivity index (χ3n) is 4.37. The van der Waals surface area contributed by atoms with Gasteiger partial charge in [0.15, 0.2) is 17.3 Å². The summed E-state index contributed by atoms with van der Waals surface area (Å²) in [5.74, 6) is 0.318. The first-order chi connectivity index (χ1) is 13.2. The molecule has 0 radical (unpaired) electrons. The molecule has 4 nitrogen and oxygen atoms in total. The molecule has 0 saturated heterocycles. The van der Waals surface area contributed by atoms with Crippen LogP contribution in [0.2, 0.25) is 0 Å². The van der Waals surface area contributed by atoms with Gasteiger partial charge in [0, 0.05) is 18.7 Å². The molecule has 3 aromatic carbocycles. The standard InChI is InChI=1S/C23H23NO3.ClH/c1-27-23-14-20(12-13-21(23)25)22(26)17-24(15-18-8-4-2-5-9-18)16-19-10-6-3-7-11-19;/h2-14,25H,15-17H2,1H3;1H. The van der Waals surface area contributed by atoms with Crippen molar-refractivity contribution in [1.82, 2.24) is 4.90 Å². The first kappa shape index (κ1) is 21.5. The van der Waals surface area contributed by atoms with Crippen LogP contribution in [-0.2, 0) is 13.1 Å². The van der Waals surface area contributed by atoms with Crippen molar-refractivity contribution in [3.63, 3.8) is 0 Å². The van der Waals surface area contributed by atoms with Crippen LogP contribution in [0.5, 0.6) is 11.5 Å². The van der Waals surface area contributed by atoms with Gasteiger partial charge in [-0.1, -0.05) is 60.7 Å². The molecule has 1 N–H and O–H groups in total. The van der Waals surface area contributed by atoms with Gasteiger partial charge in [-0.3, -0.25) is 9.69 Å². The van der Waals surface area contributed by atoms with E-state index in [2.05, 4.69) is 29.2 Å². The highest BCUT2D eigenvalue weighted by molar-refractivity contribution is 5.98. The van der Waals surface area contributed by atoms with E-state index in [4.69, 9.17) is 4.74 Å². The molecule has 28 heavy (non-hydrogen) atoms. The van der Waals surface area contributed by atoms with Crippen LogP contribution in [0.4, 0.5) is 0 Å². The molecular weight excluding hydrogens is 374 g/mol. The van der Waals surface area contributed by atoms with E-state index in [0.29, 0.717) is 24.4 Å². The fourth-order valence-corrected chi connectivity index (χ4v) is 3.00. The second-order valence-corrected chi connectivity index (χ2v) is 6.43. The van der Waals surface area contributed by atoms with Gasteiger partial charge in [0.2, 0.25) is 0 Å². The molecule has 0 aliphatic carbocycles. The van der Waals surface area contributed by atoms with E-state index < -0.39 is 0 Å². The molecule has 3 aromatic rings. The third kappa shape index (κ3) is 5.84. The summed E-state index contributed by atoms with van der Waals surface area (Å²) in [5, 5.41) is 9.74. The molecule has 0 atom stereocenters. The number of carbonyl (C=O) groups is 1. The van der Waals surface area contributed by atoms with E-state index >= 15 is 0 Å². The van der Waals surface area contributed by atoms with Gasteiger partial charge in [0.25, 0.3) is 0 Å². The fourth-order valence-electron chi connectivity index (χ4n) is 3.00. The summed E-state index contributed by atoms with van der Waals surface area (Å²) in [4.78, 5) is 15.0. The lowest BCUT2D eigenvalue weighted by Gasteiger charge is -2.22. The zero-order chi connectivity index (χ0) is 19.1. The molecule has 0 unspecified atom stereocenters. The Hall–Kier alpha value is -2.82. The number of carbonyl (C=O) groups excluding carboxylic acids is 1. The second kappa shape index (κ2) is 10.5. The normalized spacial score (nSPS) is 10.4. The molecule has 0 spiro atoms. The summed E-state index contributed by atoms with van der Waals surface area (Å²) < 4.78 is 5.12. The minimum absolute atomic E-state index is 0. The minimum Gasteiger partial charge on any atom is -0.504 e. The Morgan fingerprint density at radius 1 is 0.893 bits per heavy atom. The topological polar surface area (TPSA) is 49.8 Å². The largest absolute Gasteiger partial charge is 0.504 e. The summed E-state index contributed by atoms with van der Waals surface area (Å²) in [6, 6.07) is 24.9. The molecule has 146 valence electrons. The van der Waals surface area contributed by atoms with Crippen LogP contribution in [0.1, 0.15) is 21.5 Å². The predicted octanol–water partition coefficient (Wildman–Crippen LogP) is 4.71. The smallest absolute Gasteiger partial charge is 0.176 e. The van der Waals surface area contributed by atoms with Gasteiger partial charge in [-0.25, -0.2) is 0 Å². The number of hydrogen-bond acceptors (Lipinski definition) is 4. The summed E-state index contributed by atoms with van der Waals surface area (Å²) >= 11 is 0. The fraction of sp³-hybridized carbons (Fsp3) is 0.174. The zero-order valence-corrected chi connectivity index (χ0v) is 16.6. The molecule has 0 aromatic heterocycles. The van der Waals surface area contributed by atoms with Gasteiger partial charge in [-0.2, -0.15) is 0 Å². The molecule has 0 saturated carbocycles. The molecule has 0 fully saturated rings. The number of phenolic OH excluding ortho intramolecular Hbond substituents is 1. The molecule has 0 heterocycles. The van der Waals surface area contributed by atoms with Crippen molar-refractivity contribution in [2.24, 2.45) is 0 Å². The highest BCUT2D eigenvalue weighted by atomic mass is 35.5. The van der Waals surface area contributed by atoms with Crippen LogP contribution < -0.4 is 4.74 Å². The van der Waals surface area contributed by atoms with E-state index in [0.717, 1.165) is 11.1 Å². The Morgan fingerprint density at radius 3 is 1.93 bits per heavy atom. The summed E-state index contributed by atoms with van der Waals surface area (Å²) in [7, 11) is 1.47. The van der Waals surface area contributed by atoms with Crippen LogP contribution >= 0.6 is 12.4 Å². The van der Waals surface area contributed by atoms with Crippen LogP contribution in [0.3, 0.4) is 0 Å². The SMILES string of the molecule is COc1cc(C(=O)CN(Cc2ccccc2)Cc2ccccc2)ccc1O.Cl. The van der Waals surface area contributed by atoms with E-state index in [1.54, 1.807) is 12.1 Å². The number of methoxy groups -OCH3 is 1. The number of halogens is 1. The van der Waals surface area contributed by atoms with E-state index in [1.165, 1.54) is 13.2 Å². The Morgan fingerprint density at radius 2 is 1.43 bits per heavy atom. The van der Waals surface area contributed by atoms with Crippen LogP contribution in [0.25, 0.3) is 0 Å². The first-order valence-electron chi connectivity index (χ1n) is 8.86. The number of hydrogen-bond donors (Lipinski definition) is 1. The van der Waals surface area contributed by atoms with Gasteiger partial charge in [0.05, 0.1) is 13.7 Å². The van der Waals surface area contributed by atoms with E-state index in [-0.39, 0.29) is 30.5 Å². The lowest BCUT2D eigenvalue weighted by Crippen LogP contribution is -2.29. The average molecular weight is 398 g/mol. The maximum atomic E-state index is 12.8. The number of aromatic hydroxyl groups is 1. The Balaban J connectivity index is 0.00000280. The quantitative estimate of drug-likeness (QED) is 0.559. The molecule has 0 aliphatic rings. The van der Waals surface area contributed by atoms with E-state index in [1.807, 2.05) is 36.4 Å². The maximum absolute atomic E-state index is 12.8. The van der Waals surface area contributed by atoms with Crippen molar-refractivity contribution in [3.8, 4) is 11.5 Å². The Kier molecular flexibility index (Phi) is 8.05. The Bertz CT molecular complexity index is 843. The van der Waals surface area contributed by atoms with Gasteiger partial charge < -0.3 is 9.84 Å². The third-order valence-corrected chi connectivity index (χ3v) is 4.37. The highest BCUT2D eigenvalue weighted by Crippen LogP contribution is 2.26. The molecule has 5 heteroatoms. The van der Waals surface area contributed by atoms with Crippen LogP contribution in [-0.4, -0.2) is 29.4 Å². The molecule has 0 aliphatic heterocycles. The Labute approximate surface area is 171 Å². The van der Waals surface area contributed by atoms with Crippen molar-refractivity contribution in [1.29, 1.82) is 0 Å². The molecular formula is C23H24ClNO3. The van der Waals surface area contributed by atoms with Gasteiger partial charge in [-0.15, -0.1) is 12.4 Å². The maximum Gasteiger partial charge on any atom is 0.176 e. The van der Waals surface area contributed by atoms with E-state index in [9.17, 15) is 9.90 Å². The summed E-state index contributed by atoms with van der Waals surface area (Å²) in [6.07, 6.45) is 0. The van der Waals surface area contributed by atoms with Gasteiger partial charge in [-0.05, 0) is 29.3 Å². The van der Waals surface area contributed by atoms with Crippen molar-refractivity contribution in [2.75, 3.05) is 13.7 Å². The monoisotopic (exact) mass is 397 g/mol.